The highest BCUT2D eigenvalue weighted by atomic mass is 79.9. The first kappa shape index (κ1) is 17.0. The van der Waals surface area contributed by atoms with Crippen LogP contribution in [0.3, 0.4) is 0 Å². The van der Waals surface area contributed by atoms with E-state index >= 15 is 0 Å². The molecule has 2 aromatic rings. The summed E-state index contributed by atoms with van der Waals surface area (Å²) in [5, 5.41) is 4.01. The number of nitrogens with zero attached hydrogens (tertiary/aromatic N) is 2. The van der Waals surface area contributed by atoms with Crippen LogP contribution in [0.15, 0.2) is 46.1 Å². The molecule has 0 aliphatic rings. The van der Waals surface area contributed by atoms with Gasteiger partial charge in [0.25, 0.3) is 5.91 Å². The molecule has 1 amide bonds. The number of benzene rings is 1. The van der Waals surface area contributed by atoms with E-state index < -0.39 is 5.91 Å². The van der Waals surface area contributed by atoms with Crippen molar-refractivity contribution in [2.24, 2.45) is 5.10 Å². The van der Waals surface area contributed by atoms with Gasteiger partial charge in [-0.25, -0.2) is 10.4 Å². The van der Waals surface area contributed by atoms with Crippen LogP contribution in [0.25, 0.3) is 0 Å². The Labute approximate surface area is 146 Å². The average Bonchev–Trinajstić information content (AvgIpc) is 2.54. The lowest BCUT2D eigenvalue weighted by Crippen LogP contribution is -2.18. The quantitative estimate of drug-likeness (QED) is 0.368. The summed E-state index contributed by atoms with van der Waals surface area (Å²) in [6.07, 6.45) is 8.15. The maximum atomic E-state index is 11.9. The van der Waals surface area contributed by atoms with Crippen LogP contribution in [0.2, 0.25) is 5.15 Å². The lowest BCUT2D eigenvalue weighted by molar-refractivity contribution is 0.0955. The van der Waals surface area contributed by atoms with Crippen molar-refractivity contribution in [3.05, 3.63) is 57.3 Å². The largest absolute Gasteiger partial charge is 0.480 e. The first-order valence-electron chi connectivity index (χ1n) is 6.41. The van der Waals surface area contributed by atoms with E-state index in [-0.39, 0.29) is 17.3 Å². The van der Waals surface area contributed by atoms with Crippen LogP contribution in [0, 0.1) is 12.3 Å². The van der Waals surface area contributed by atoms with Gasteiger partial charge < -0.3 is 4.74 Å². The Hall–Kier alpha value is -2.36. The molecule has 1 aromatic carbocycles. The van der Waals surface area contributed by atoms with Crippen LogP contribution in [0.5, 0.6) is 5.75 Å². The molecule has 0 unspecified atom stereocenters. The second kappa shape index (κ2) is 8.32. The Balaban J connectivity index is 2.01. The molecular weight excluding hydrogens is 382 g/mol. The molecule has 0 saturated carbocycles. The second-order valence-corrected chi connectivity index (χ2v) is 5.44. The third kappa shape index (κ3) is 4.81. The zero-order chi connectivity index (χ0) is 16.7. The molecule has 0 radical (unpaired) electrons. The smallest absolute Gasteiger partial charge is 0.274 e. The fourth-order valence-corrected chi connectivity index (χ4v) is 2.33. The minimum Gasteiger partial charge on any atom is -0.480 e. The third-order valence-electron chi connectivity index (χ3n) is 2.65. The van der Waals surface area contributed by atoms with Gasteiger partial charge in [-0.1, -0.05) is 17.5 Å². The van der Waals surface area contributed by atoms with Gasteiger partial charge in [-0.2, -0.15) is 5.10 Å². The number of nitrogens with one attached hydrogen (secondary N) is 1. The standard InChI is InChI=1S/C16H11BrClN3O2/c1-2-8-23-14-6-5-11(9-13(14)17)10-20-21-16(22)12-4-3-7-19-15(12)18/h1,3-7,9-10H,8H2,(H,21,22). The topological polar surface area (TPSA) is 63.6 Å². The normalized spacial score (nSPS) is 10.3. The molecule has 7 heteroatoms. The summed E-state index contributed by atoms with van der Waals surface area (Å²) in [5.41, 5.74) is 3.41. The summed E-state index contributed by atoms with van der Waals surface area (Å²) in [5.74, 6) is 2.59. The number of hydrogen-bond donors (Lipinski definition) is 1. The van der Waals surface area contributed by atoms with E-state index in [1.165, 1.54) is 12.4 Å². The summed E-state index contributed by atoms with van der Waals surface area (Å²) >= 11 is 9.21. The molecule has 5 nitrogen and oxygen atoms in total. The third-order valence-corrected chi connectivity index (χ3v) is 3.57. The van der Waals surface area contributed by atoms with Crippen molar-refractivity contribution < 1.29 is 9.53 Å². The Morgan fingerprint density at radius 2 is 2.35 bits per heavy atom. The van der Waals surface area contributed by atoms with Crippen LogP contribution in [-0.4, -0.2) is 23.7 Å². The molecule has 0 bridgehead atoms. The van der Waals surface area contributed by atoms with E-state index in [0.717, 1.165) is 10.0 Å². The molecule has 1 N–H and O–H groups in total. The molecule has 0 atom stereocenters. The van der Waals surface area contributed by atoms with Gasteiger partial charge in [0.2, 0.25) is 0 Å². The number of pyridine rings is 1. The number of hydrogen-bond acceptors (Lipinski definition) is 4. The average molecular weight is 393 g/mol. The number of terminal acetylenes is 1. The Morgan fingerprint density at radius 3 is 3.04 bits per heavy atom. The summed E-state index contributed by atoms with van der Waals surface area (Å²) in [4.78, 5) is 15.7. The summed E-state index contributed by atoms with van der Waals surface area (Å²) in [7, 11) is 0. The van der Waals surface area contributed by atoms with Gasteiger partial charge in [0, 0.05) is 6.20 Å². The van der Waals surface area contributed by atoms with E-state index in [4.69, 9.17) is 22.8 Å². The van der Waals surface area contributed by atoms with E-state index in [0.29, 0.717) is 5.75 Å². The first-order chi connectivity index (χ1) is 11.1. The number of halogens is 2. The number of carbonyl (C=O) groups excluding carboxylic acids is 1. The lowest BCUT2D eigenvalue weighted by atomic mass is 10.2. The fraction of sp³-hybridized carbons (Fsp3) is 0.0625. The van der Waals surface area contributed by atoms with E-state index in [1.54, 1.807) is 30.3 Å². The van der Waals surface area contributed by atoms with E-state index in [1.807, 2.05) is 0 Å². The number of rotatable bonds is 5. The van der Waals surface area contributed by atoms with Crippen LogP contribution >= 0.6 is 27.5 Å². The molecule has 0 fully saturated rings. The van der Waals surface area contributed by atoms with Gasteiger partial charge >= 0.3 is 0 Å². The van der Waals surface area contributed by atoms with E-state index in [2.05, 4.69) is 37.4 Å². The van der Waals surface area contributed by atoms with Crippen molar-refractivity contribution in [1.82, 2.24) is 10.4 Å². The second-order valence-electron chi connectivity index (χ2n) is 4.22. The van der Waals surface area contributed by atoms with Crippen LogP contribution < -0.4 is 10.2 Å². The highest BCUT2D eigenvalue weighted by Crippen LogP contribution is 2.25. The molecule has 116 valence electrons. The number of carbonyl (C=O) groups is 1. The van der Waals surface area contributed by atoms with Crippen molar-refractivity contribution in [3.63, 3.8) is 0 Å². The molecule has 1 heterocycles. The molecule has 2 rings (SSSR count). The van der Waals surface area contributed by atoms with Gasteiger partial charge in [0.15, 0.2) is 0 Å². The van der Waals surface area contributed by atoms with Crippen LogP contribution in [0.4, 0.5) is 0 Å². The van der Waals surface area contributed by atoms with Gasteiger partial charge in [0.1, 0.15) is 17.5 Å². The van der Waals surface area contributed by atoms with Gasteiger partial charge in [-0.15, -0.1) is 6.42 Å². The van der Waals surface area contributed by atoms with Crippen LogP contribution in [0.1, 0.15) is 15.9 Å². The zero-order valence-electron chi connectivity index (χ0n) is 11.8. The summed E-state index contributed by atoms with van der Waals surface area (Å²) in [6.45, 7) is 0.188. The van der Waals surface area contributed by atoms with Crippen molar-refractivity contribution in [2.45, 2.75) is 0 Å². The molecule has 23 heavy (non-hydrogen) atoms. The number of ether oxygens (including phenoxy) is 1. The Bertz CT molecular complexity index is 787. The predicted octanol–water partition coefficient (Wildman–Crippen LogP) is 3.27. The fourth-order valence-electron chi connectivity index (χ4n) is 1.61. The molecular formula is C16H11BrClN3O2. The monoisotopic (exact) mass is 391 g/mol. The first-order valence-corrected chi connectivity index (χ1v) is 7.58. The SMILES string of the molecule is C#CCOc1ccc(C=NNC(=O)c2cccnc2Cl)cc1Br. The molecule has 0 spiro atoms. The number of aromatic nitrogens is 1. The Morgan fingerprint density at radius 1 is 1.52 bits per heavy atom. The minimum absolute atomic E-state index is 0.123. The maximum Gasteiger partial charge on any atom is 0.274 e. The highest BCUT2D eigenvalue weighted by molar-refractivity contribution is 9.10. The minimum atomic E-state index is -0.438. The lowest BCUT2D eigenvalue weighted by Gasteiger charge is -2.05. The maximum absolute atomic E-state index is 11.9. The number of hydrazone groups is 1. The highest BCUT2D eigenvalue weighted by Gasteiger charge is 2.09. The molecule has 0 aliphatic carbocycles. The van der Waals surface area contributed by atoms with Gasteiger partial charge in [-0.05, 0) is 51.8 Å². The van der Waals surface area contributed by atoms with Gasteiger partial charge in [-0.3, -0.25) is 4.79 Å². The van der Waals surface area contributed by atoms with Crippen LogP contribution in [-0.2, 0) is 0 Å². The van der Waals surface area contributed by atoms with Crippen molar-refractivity contribution in [3.8, 4) is 18.1 Å². The number of amides is 1. The zero-order valence-corrected chi connectivity index (χ0v) is 14.1. The Kier molecular flexibility index (Phi) is 6.15. The van der Waals surface area contributed by atoms with Gasteiger partial charge in [0.05, 0.1) is 16.3 Å². The molecule has 0 aliphatic heterocycles. The molecule has 0 saturated heterocycles. The van der Waals surface area contributed by atoms with E-state index in [9.17, 15) is 4.79 Å². The van der Waals surface area contributed by atoms with Crippen molar-refractivity contribution in [2.75, 3.05) is 6.61 Å². The van der Waals surface area contributed by atoms with Crippen molar-refractivity contribution in [1.29, 1.82) is 0 Å². The summed E-state index contributed by atoms with van der Waals surface area (Å²) in [6, 6.07) is 8.51. The summed E-state index contributed by atoms with van der Waals surface area (Å²) < 4.78 is 6.07. The molecule has 1 aromatic heterocycles. The van der Waals surface area contributed by atoms with Crippen molar-refractivity contribution >= 4 is 39.7 Å². The predicted molar refractivity (Wildman–Crippen MR) is 92.8 cm³/mol.